The van der Waals surface area contributed by atoms with Crippen molar-refractivity contribution >= 4 is 17.3 Å². The summed E-state index contributed by atoms with van der Waals surface area (Å²) in [6, 6.07) is 7.94. The minimum atomic E-state index is -0.121. The summed E-state index contributed by atoms with van der Waals surface area (Å²) >= 11 is 5.85. The molecule has 0 radical (unpaired) electrons. The first-order chi connectivity index (χ1) is 15.4. The highest BCUT2D eigenvalue weighted by Gasteiger charge is 2.31. The largest absolute Gasteiger partial charge is 0.496 e. The maximum atomic E-state index is 12.7. The Bertz CT molecular complexity index is 1060. The molecule has 32 heavy (non-hydrogen) atoms. The van der Waals surface area contributed by atoms with Gasteiger partial charge < -0.3 is 9.47 Å². The minimum Gasteiger partial charge on any atom is -0.496 e. The highest BCUT2D eigenvalue weighted by Crippen LogP contribution is 2.29. The molecule has 0 N–H and O–H groups in total. The molecule has 2 aromatic rings. The first-order valence-corrected chi connectivity index (χ1v) is 11.5. The summed E-state index contributed by atoms with van der Waals surface area (Å²) in [5, 5.41) is 0.578. The number of likely N-dealkylation sites (tertiary alicyclic amines) is 1. The second-order valence-electron chi connectivity index (χ2n) is 8.74. The molecule has 2 aromatic heterocycles. The smallest absolute Gasteiger partial charge is 0.258 e. The third kappa shape index (κ3) is 5.25. The van der Waals surface area contributed by atoms with Crippen molar-refractivity contribution in [2.75, 3.05) is 13.2 Å². The maximum absolute atomic E-state index is 12.7. The summed E-state index contributed by atoms with van der Waals surface area (Å²) in [6.45, 7) is 8.76. The molecule has 1 aliphatic carbocycles. The molecule has 0 saturated carbocycles. The molecule has 1 unspecified atom stereocenters. The van der Waals surface area contributed by atoms with Crippen LogP contribution in [0.15, 0.2) is 59.4 Å². The van der Waals surface area contributed by atoms with Gasteiger partial charge in [-0.2, -0.15) is 0 Å². The molecule has 1 fully saturated rings. The van der Waals surface area contributed by atoms with E-state index in [9.17, 15) is 4.79 Å². The molecular weight excluding hydrogens is 426 g/mol. The number of halogens is 1. The van der Waals surface area contributed by atoms with Gasteiger partial charge in [0.2, 0.25) is 0 Å². The number of nitrogens with zero attached hydrogens (tertiary/aromatic N) is 3. The van der Waals surface area contributed by atoms with E-state index >= 15 is 0 Å². The summed E-state index contributed by atoms with van der Waals surface area (Å²) in [5.41, 5.74) is 1.58. The highest BCUT2D eigenvalue weighted by molar-refractivity contribution is 6.30. The van der Waals surface area contributed by atoms with Crippen LogP contribution in [0.1, 0.15) is 39.3 Å². The first-order valence-electron chi connectivity index (χ1n) is 11.2. The average molecular weight is 456 g/mol. The molecular formula is C25H30ClN3O3. The zero-order valence-electron chi connectivity index (χ0n) is 18.8. The fraction of sp³-hybridized carbons (Fsp3) is 0.440. The molecule has 2 aliphatic rings. The molecule has 1 aliphatic heterocycles. The predicted molar refractivity (Wildman–Crippen MR) is 127 cm³/mol. The van der Waals surface area contributed by atoms with Gasteiger partial charge in [-0.3, -0.25) is 19.2 Å². The summed E-state index contributed by atoms with van der Waals surface area (Å²) in [4.78, 5) is 19.4. The molecule has 0 amide bonds. The van der Waals surface area contributed by atoms with E-state index in [-0.39, 0.29) is 18.1 Å². The molecule has 170 valence electrons. The third-order valence-electron chi connectivity index (χ3n) is 6.11. The van der Waals surface area contributed by atoms with Crippen LogP contribution in [0.4, 0.5) is 0 Å². The lowest BCUT2D eigenvalue weighted by Crippen LogP contribution is -2.53. The standard InChI is InChI=1S/C25H30ClN3O3/c1-17(2)28-10-8-22(28)16-32-24-7-6-21(12-18(24)3)29-11-9-23(13-25(29)30)31-15-20-5-4-19(26)14-27-20/h4-7,9,11,13-14,17-18,22H,8,10,12,15-16H2,1-3H3/t18?,22-/m0/s1. The summed E-state index contributed by atoms with van der Waals surface area (Å²) < 4.78 is 13.5. The van der Waals surface area contributed by atoms with Gasteiger partial charge in [-0.15, -0.1) is 0 Å². The molecule has 3 heterocycles. The normalized spacial score (nSPS) is 21.0. The van der Waals surface area contributed by atoms with E-state index < -0.39 is 0 Å². The molecule has 7 heteroatoms. The van der Waals surface area contributed by atoms with E-state index in [0.717, 1.165) is 36.7 Å². The van der Waals surface area contributed by atoms with Crippen LogP contribution in [0.3, 0.4) is 0 Å². The van der Waals surface area contributed by atoms with Gasteiger partial charge in [0.1, 0.15) is 19.0 Å². The number of allylic oxidation sites excluding steroid dienone is 4. The van der Waals surface area contributed by atoms with Crippen molar-refractivity contribution in [2.45, 2.75) is 52.3 Å². The highest BCUT2D eigenvalue weighted by atomic mass is 35.5. The summed E-state index contributed by atoms with van der Waals surface area (Å²) in [7, 11) is 0. The monoisotopic (exact) mass is 455 g/mol. The fourth-order valence-corrected chi connectivity index (χ4v) is 4.25. The van der Waals surface area contributed by atoms with Crippen molar-refractivity contribution in [1.82, 2.24) is 14.5 Å². The zero-order chi connectivity index (χ0) is 22.7. The average Bonchev–Trinajstić information content (AvgIpc) is 2.73. The lowest BCUT2D eigenvalue weighted by atomic mass is 9.97. The van der Waals surface area contributed by atoms with E-state index in [1.54, 1.807) is 35.2 Å². The number of rotatable bonds is 8. The van der Waals surface area contributed by atoms with Gasteiger partial charge in [-0.25, -0.2) is 0 Å². The van der Waals surface area contributed by atoms with Crippen LogP contribution in [0.5, 0.6) is 5.75 Å². The van der Waals surface area contributed by atoms with Crippen LogP contribution < -0.4 is 10.3 Å². The van der Waals surface area contributed by atoms with Crippen LogP contribution in [0.2, 0.25) is 5.02 Å². The Morgan fingerprint density at radius 1 is 1.22 bits per heavy atom. The summed E-state index contributed by atoms with van der Waals surface area (Å²) in [5.74, 6) is 1.73. The Morgan fingerprint density at radius 2 is 2.06 bits per heavy atom. The zero-order valence-corrected chi connectivity index (χ0v) is 19.6. The second kappa shape index (κ2) is 9.92. The van der Waals surface area contributed by atoms with Crippen LogP contribution in [0, 0.1) is 5.92 Å². The van der Waals surface area contributed by atoms with Gasteiger partial charge >= 0.3 is 0 Å². The van der Waals surface area contributed by atoms with Gasteiger partial charge in [-0.1, -0.05) is 18.5 Å². The maximum Gasteiger partial charge on any atom is 0.258 e. The topological polar surface area (TPSA) is 56.6 Å². The van der Waals surface area contributed by atoms with Gasteiger partial charge in [0.05, 0.1) is 16.5 Å². The number of ether oxygens (including phenoxy) is 2. The quantitative estimate of drug-likeness (QED) is 0.575. The number of hydrogen-bond donors (Lipinski definition) is 0. The Morgan fingerprint density at radius 3 is 2.69 bits per heavy atom. The Balaban J connectivity index is 1.37. The first kappa shape index (κ1) is 22.6. The van der Waals surface area contributed by atoms with E-state index in [1.165, 1.54) is 12.5 Å². The Hall–Kier alpha value is -2.57. The Kier molecular flexibility index (Phi) is 7.01. The van der Waals surface area contributed by atoms with Crippen molar-refractivity contribution in [3.63, 3.8) is 0 Å². The van der Waals surface area contributed by atoms with E-state index in [1.807, 2.05) is 12.2 Å². The van der Waals surface area contributed by atoms with Crippen LogP contribution in [-0.2, 0) is 11.3 Å². The van der Waals surface area contributed by atoms with Crippen molar-refractivity contribution in [2.24, 2.45) is 5.92 Å². The number of hydrogen-bond acceptors (Lipinski definition) is 5. The molecule has 2 atom stereocenters. The van der Waals surface area contributed by atoms with Gasteiger partial charge in [0, 0.05) is 48.7 Å². The molecule has 0 bridgehead atoms. The molecule has 6 nitrogen and oxygen atoms in total. The number of aromatic nitrogens is 2. The van der Waals surface area contributed by atoms with E-state index in [2.05, 4.69) is 30.7 Å². The van der Waals surface area contributed by atoms with E-state index in [0.29, 0.717) is 22.9 Å². The van der Waals surface area contributed by atoms with Gasteiger partial charge in [0.25, 0.3) is 5.56 Å². The second-order valence-corrected chi connectivity index (χ2v) is 9.18. The molecule has 1 saturated heterocycles. The minimum absolute atomic E-state index is 0.121. The van der Waals surface area contributed by atoms with Crippen molar-refractivity contribution < 1.29 is 9.47 Å². The van der Waals surface area contributed by atoms with Gasteiger partial charge in [-0.05, 0) is 57.0 Å². The van der Waals surface area contributed by atoms with Crippen molar-refractivity contribution in [3.05, 3.63) is 75.6 Å². The fourth-order valence-electron chi connectivity index (χ4n) is 4.14. The summed E-state index contributed by atoms with van der Waals surface area (Å²) in [6.07, 6.45) is 9.27. The van der Waals surface area contributed by atoms with Gasteiger partial charge in [0.15, 0.2) is 0 Å². The van der Waals surface area contributed by atoms with Crippen molar-refractivity contribution in [1.29, 1.82) is 0 Å². The molecule has 4 rings (SSSR count). The SMILES string of the molecule is CC1CC(n2ccc(OCc3ccc(Cl)cn3)cc2=O)=CC=C1OC[C@@H]1CCN1C(C)C. The lowest BCUT2D eigenvalue weighted by Gasteiger charge is -2.44. The van der Waals surface area contributed by atoms with Crippen LogP contribution in [-0.4, -0.2) is 39.7 Å². The van der Waals surface area contributed by atoms with Crippen LogP contribution in [0.25, 0.3) is 5.70 Å². The molecule has 0 aromatic carbocycles. The number of pyridine rings is 2. The lowest BCUT2D eigenvalue weighted by molar-refractivity contribution is 0.00142. The third-order valence-corrected chi connectivity index (χ3v) is 6.34. The predicted octanol–water partition coefficient (Wildman–Crippen LogP) is 4.74. The Labute approximate surface area is 194 Å². The van der Waals surface area contributed by atoms with Crippen molar-refractivity contribution in [3.8, 4) is 5.75 Å². The van der Waals surface area contributed by atoms with Crippen LogP contribution >= 0.6 is 11.6 Å². The molecule has 0 spiro atoms. The van der Waals surface area contributed by atoms with E-state index in [4.69, 9.17) is 21.1 Å².